The van der Waals surface area contributed by atoms with Crippen molar-refractivity contribution in [3.05, 3.63) is 29.8 Å². The predicted molar refractivity (Wildman–Crippen MR) is 61.5 cm³/mol. The molecule has 0 aliphatic rings. The van der Waals surface area contributed by atoms with Crippen molar-refractivity contribution in [1.82, 2.24) is 5.32 Å². The van der Waals surface area contributed by atoms with Crippen LogP contribution in [0.4, 0.5) is 8.78 Å². The molecular formula is C12H17F2NO2. The van der Waals surface area contributed by atoms with Crippen LogP contribution in [-0.2, 0) is 11.3 Å². The summed E-state index contributed by atoms with van der Waals surface area (Å²) in [4.78, 5) is 0. The Bertz CT molecular complexity index is 321. The first-order chi connectivity index (χ1) is 8.24. The summed E-state index contributed by atoms with van der Waals surface area (Å²) in [5.41, 5.74) is 1.03. The van der Waals surface area contributed by atoms with Crippen LogP contribution in [0.5, 0.6) is 5.75 Å². The lowest BCUT2D eigenvalue weighted by atomic mass is 10.2. The zero-order chi connectivity index (χ0) is 12.5. The lowest BCUT2D eigenvalue weighted by Gasteiger charge is -2.09. The molecule has 3 nitrogen and oxygen atoms in total. The average molecular weight is 245 g/mol. The number of nitrogens with one attached hydrogen (secondary N) is 1. The van der Waals surface area contributed by atoms with E-state index in [4.69, 9.17) is 9.47 Å². The van der Waals surface area contributed by atoms with Gasteiger partial charge in [-0.05, 0) is 6.07 Å². The van der Waals surface area contributed by atoms with Gasteiger partial charge in [0, 0.05) is 18.7 Å². The Morgan fingerprint density at radius 3 is 2.76 bits per heavy atom. The normalized spacial score (nSPS) is 10.8. The van der Waals surface area contributed by atoms with Gasteiger partial charge in [-0.1, -0.05) is 18.2 Å². The second kappa shape index (κ2) is 7.97. The first-order valence-corrected chi connectivity index (χ1v) is 5.42. The van der Waals surface area contributed by atoms with Crippen LogP contribution in [-0.4, -0.2) is 33.3 Å². The lowest BCUT2D eigenvalue weighted by molar-refractivity contribution is 0.0187. The highest BCUT2D eigenvalue weighted by Gasteiger charge is 2.02. The quantitative estimate of drug-likeness (QED) is 0.711. The molecule has 1 rings (SSSR count). The molecule has 1 aromatic carbocycles. The molecule has 0 saturated carbocycles. The molecule has 0 spiro atoms. The van der Waals surface area contributed by atoms with E-state index in [1.807, 2.05) is 24.3 Å². The van der Waals surface area contributed by atoms with Crippen LogP contribution in [0.25, 0.3) is 0 Å². The molecule has 96 valence electrons. The van der Waals surface area contributed by atoms with Gasteiger partial charge in [0.15, 0.2) is 0 Å². The van der Waals surface area contributed by atoms with E-state index in [-0.39, 0.29) is 6.61 Å². The molecule has 0 amide bonds. The van der Waals surface area contributed by atoms with E-state index < -0.39 is 13.0 Å². The Hall–Kier alpha value is -1.20. The minimum absolute atomic E-state index is 0.277. The van der Waals surface area contributed by atoms with Crippen molar-refractivity contribution in [3.63, 3.8) is 0 Å². The summed E-state index contributed by atoms with van der Waals surface area (Å²) in [5, 5.41) is 3.10. The van der Waals surface area contributed by atoms with Crippen molar-refractivity contribution < 1.29 is 18.3 Å². The molecule has 0 bridgehead atoms. The van der Waals surface area contributed by atoms with Crippen molar-refractivity contribution in [2.24, 2.45) is 0 Å². The summed E-state index contributed by atoms with van der Waals surface area (Å²) in [5.74, 6) is 0.813. The van der Waals surface area contributed by atoms with E-state index in [0.29, 0.717) is 13.1 Å². The number of halogens is 2. The third-order valence-electron chi connectivity index (χ3n) is 2.17. The third kappa shape index (κ3) is 5.60. The lowest BCUT2D eigenvalue weighted by Crippen LogP contribution is -2.20. The third-order valence-corrected chi connectivity index (χ3v) is 2.17. The Morgan fingerprint density at radius 1 is 1.29 bits per heavy atom. The Labute approximate surface area is 99.7 Å². The highest BCUT2D eigenvalue weighted by Crippen LogP contribution is 2.16. The number of benzene rings is 1. The Morgan fingerprint density at radius 2 is 2.06 bits per heavy atom. The van der Waals surface area contributed by atoms with Crippen LogP contribution in [0.1, 0.15) is 5.56 Å². The molecule has 0 heterocycles. The van der Waals surface area contributed by atoms with E-state index in [1.165, 1.54) is 0 Å². The molecule has 0 aromatic heterocycles. The van der Waals surface area contributed by atoms with Crippen molar-refractivity contribution in [1.29, 1.82) is 0 Å². The summed E-state index contributed by atoms with van der Waals surface area (Å²) >= 11 is 0. The second-order valence-electron chi connectivity index (χ2n) is 3.45. The maximum absolute atomic E-state index is 11.7. The number of methoxy groups -OCH3 is 1. The van der Waals surface area contributed by atoms with Gasteiger partial charge in [-0.15, -0.1) is 0 Å². The first-order valence-electron chi connectivity index (χ1n) is 5.42. The van der Waals surface area contributed by atoms with Crippen LogP contribution in [0.15, 0.2) is 24.3 Å². The molecule has 0 unspecified atom stereocenters. The van der Waals surface area contributed by atoms with Gasteiger partial charge in [0.1, 0.15) is 12.4 Å². The number of hydrogen-bond donors (Lipinski definition) is 1. The SMILES string of the molecule is COc1ccccc1CNCCOCC(F)F. The van der Waals surface area contributed by atoms with Crippen molar-refractivity contribution in [3.8, 4) is 5.75 Å². The summed E-state index contributed by atoms with van der Waals surface area (Å²) in [6.45, 7) is 0.933. The molecule has 0 fully saturated rings. The van der Waals surface area contributed by atoms with E-state index in [1.54, 1.807) is 7.11 Å². The molecular weight excluding hydrogens is 228 g/mol. The van der Waals surface area contributed by atoms with Gasteiger partial charge < -0.3 is 14.8 Å². The summed E-state index contributed by atoms with van der Waals surface area (Å²) in [6.07, 6.45) is -2.40. The Kier molecular flexibility index (Phi) is 6.50. The number of ether oxygens (including phenoxy) is 2. The molecule has 1 N–H and O–H groups in total. The van der Waals surface area contributed by atoms with Gasteiger partial charge in [-0.3, -0.25) is 0 Å². The number of alkyl halides is 2. The topological polar surface area (TPSA) is 30.5 Å². The van der Waals surface area contributed by atoms with Gasteiger partial charge >= 0.3 is 0 Å². The summed E-state index contributed by atoms with van der Waals surface area (Å²) < 4.78 is 33.4. The average Bonchev–Trinajstić information content (AvgIpc) is 2.33. The van der Waals surface area contributed by atoms with Gasteiger partial charge in [0.25, 0.3) is 6.43 Å². The molecule has 0 atom stereocenters. The molecule has 0 radical (unpaired) electrons. The zero-order valence-electron chi connectivity index (χ0n) is 9.79. The van der Waals surface area contributed by atoms with Crippen LogP contribution in [0.3, 0.4) is 0 Å². The van der Waals surface area contributed by atoms with Crippen LogP contribution in [0.2, 0.25) is 0 Å². The second-order valence-corrected chi connectivity index (χ2v) is 3.45. The maximum Gasteiger partial charge on any atom is 0.261 e. The fourth-order valence-electron chi connectivity index (χ4n) is 1.39. The van der Waals surface area contributed by atoms with E-state index in [2.05, 4.69) is 5.32 Å². The number of rotatable bonds is 8. The van der Waals surface area contributed by atoms with E-state index in [0.717, 1.165) is 11.3 Å². The molecule has 0 aliphatic heterocycles. The fourth-order valence-corrected chi connectivity index (χ4v) is 1.39. The molecule has 0 aliphatic carbocycles. The standard InChI is InChI=1S/C12H17F2NO2/c1-16-11-5-3-2-4-10(11)8-15-6-7-17-9-12(13)14/h2-5,12,15H,6-9H2,1H3. The Balaban J connectivity index is 2.17. The maximum atomic E-state index is 11.7. The fraction of sp³-hybridized carbons (Fsp3) is 0.500. The minimum atomic E-state index is -2.40. The molecule has 17 heavy (non-hydrogen) atoms. The number of para-hydroxylation sites is 1. The van der Waals surface area contributed by atoms with Crippen molar-refractivity contribution in [2.45, 2.75) is 13.0 Å². The zero-order valence-corrected chi connectivity index (χ0v) is 9.79. The van der Waals surface area contributed by atoms with E-state index in [9.17, 15) is 8.78 Å². The van der Waals surface area contributed by atoms with Crippen LogP contribution in [0, 0.1) is 0 Å². The van der Waals surface area contributed by atoms with Gasteiger partial charge in [-0.25, -0.2) is 8.78 Å². The van der Waals surface area contributed by atoms with Crippen molar-refractivity contribution in [2.75, 3.05) is 26.9 Å². The molecule has 0 saturated heterocycles. The smallest absolute Gasteiger partial charge is 0.261 e. The summed E-state index contributed by atoms with van der Waals surface area (Å²) in [7, 11) is 1.62. The summed E-state index contributed by atoms with van der Waals surface area (Å²) in [6, 6.07) is 7.65. The monoisotopic (exact) mass is 245 g/mol. The van der Waals surface area contributed by atoms with Gasteiger partial charge in [-0.2, -0.15) is 0 Å². The molecule has 5 heteroatoms. The first kappa shape index (κ1) is 13.9. The van der Waals surface area contributed by atoms with Gasteiger partial charge in [0.2, 0.25) is 0 Å². The van der Waals surface area contributed by atoms with E-state index >= 15 is 0 Å². The number of hydrogen-bond acceptors (Lipinski definition) is 3. The molecule has 1 aromatic rings. The highest BCUT2D eigenvalue weighted by molar-refractivity contribution is 5.32. The highest BCUT2D eigenvalue weighted by atomic mass is 19.3. The van der Waals surface area contributed by atoms with Crippen LogP contribution < -0.4 is 10.1 Å². The minimum Gasteiger partial charge on any atom is -0.496 e. The predicted octanol–water partition coefficient (Wildman–Crippen LogP) is 2.07. The van der Waals surface area contributed by atoms with Crippen molar-refractivity contribution >= 4 is 0 Å². The van der Waals surface area contributed by atoms with Crippen LogP contribution >= 0.6 is 0 Å². The largest absolute Gasteiger partial charge is 0.496 e. The van der Waals surface area contributed by atoms with Gasteiger partial charge in [0.05, 0.1) is 13.7 Å².